The van der Waals surface area contributed by atoms with Crippen LogP contribution in [-0.2, 0) is 5.41 Å². The van der Waals surface area contributed by atoms with E-state index in [0.29, 0.717) is 0 Å². The van der Waals surface area contributed by atoms with Crippen molar-refractivity contribution < 1.29 is 0 Å². The molecule has 3 heteroatoms. The lowest BCUT2D eigenvalue weighted by atomic mass is 9.81. The van der Waals surface area contributed by atoms with E-state index >= 15 is 0 Å². The second kappa shape index (κ2) is 13.0. The van der Waals surface area contributed by atoms with Crippen LogP contribution in [-0.4, -0.2) is 9.55 Å². The van der Waals surface area contributed by atoms with E-state index in [4.69, 9.17) is 4.98 Å². The topological polar surface area (TPSA) is 17.8 Å². The Hall–Kier alpha value is -7.07. The van der Waals surface area contributed by atoms with E-state index in [1.165, 1.54) is 92.9 Å². The standard InChI is InChI=1S/C56H38N2S/c1-56(2)49-15-6-5-14-45(49)46-27-23-42(33-50(46)56)38-12-9-13-39(30-38)43-24-28-47-48-32-41(36-18-20-37(21-19-36)55-57-51-16-7-8-17-54(51)59-55)25-29-52(48)58(53(47)34-43)44-26-22-35-10-3-4-11-40(35)31-44/h3-34H,1-2H3. The molecule has 2 aromatic heterocycles. The van der Waals surface area contributed by atoms with Crippen LogP contribution in [0.2, 0.25) is 0 Å². The number of thiazole rings is 1. The first-order chi connectivity index (χ1) is 29.0. The molecule has 9 aromatic carbocycles. The van der Waals surface area contributed by atoms with Gasteiger partial charge in [-0.15, -0.1) is 11.3 Å². The van der Waals surface area contributed by atoms with Crippen LogP contribution >= 0.6 is 11.3 Å². The summed E-state index contributed by atoms with van der Waals surface area (Å²) in [5.74, 6) is 0. The Morgan fingerprint density at radius 3 is 1.95 bits per heavy atom. The lowest BCUT2D eigenvalue weighted by Gasteiger charge is -2.22. The van der Waals surface area contributed by atoms with Gasteiger partial charge < -0.3 is 4.57 Å². The van der Waals surface area contributed by atoms with Gasteiger partial charge in [-0.1, -0.05) is 153 Å². The predicted octanol–water partition coefficient (Wildman–Crippen LogP) is 15.5. The number of aromatic nitrogens is 2. The molecule has 0 N–H and O–H groups in total. The molecular weight excluding hydrogens is 733 g/mol. The highest BCUT2D eigenvalue weighted by atomic mass is 32.1. The molecule has 0 atom stereocenters. The highest BCUT2D eigenvalue weighted by Gasteiger charge is 2.35. The Morgan fingerprint density at radius 2 is 1.08 bits per heavy atom. The van der Waals surface area contributed by atoms with Crippen LogP contribution in [0.1, 0.15) is 25.0 Å². The zero-order chi connectivity index (χ0) is 39.2. The average Bonchev–Trinajstić information content (AvgIpc) is 3.94. The largest absolute Gasteiger partial charge is 0.309 e. The number of para-hydroxylation sites is 1. The number of hydrogen-bond acceptors (Lipinski definition) is 2. The molecule has 0 amide bonds. The van der Waals surface area contributed by atoms with Gasteiger partial charge in [0.25, 0.3) is 0 Å². The molecule has 0 unspecified atom stereocenters. The molecule has 2 nitrogen and oxygen atoms in total. The fraction of sp³-hybridized carbons (Fsp3) is 0.0536. The molecule has 278 valence electrons. The first-order valence-corrected chi connectivity index (χ1v) is 21.2. The van der Waals surface area contributed by atoms with Crippen molar-refractivity contribution in [2.75, 3.05) is 0 Å². The Morgan fingerprint density at radius 1 is 0.424 bits per heavy atom. The van der Waals surface area contributed by atoms with Gasteiger partial charge in [-0.25, -0.2) is 4.98 Å². The van der Waals surface area contributed by atoms with Crippen molar-refractivity contribution in [2.24, 2.45) is 0 Å². The van der Waals surface area contributed by atoms with Crippen LogP contribution in [0.4, 0.5) is 0 Å². The van der Waals surface area contributed by atoms with Crippen LogP contribution in [0.5, 0.6) is 0 Å². The van der Waals surface area contributed by atoms with E-state index in [-0.39, 0.29) is 5.41 Å². The maximum atomic E-state index is 4.90. The van der Waals surface area contributed by atoms with Crippen molar-refractivity contribution in [1.29, 1.82) is 0 Å². The SMILES string of the molecule is CC1(C)c2ccccc2-c2ccc(-c3cccc(-c4ccc5c6cc(-c7ccc(-c8nc9ccccc9s8)cc7)ccc6n(-c6ccc7ccccc7c6)c5c4)c3)cc21. The lowest BCUT2D eigenvalue weighted by molar-refractivity contribution is 0.660. The molecule has 2 heterocycles. The van der Waals surface area contributed by atoms with Crippen molar-refractivity contribution in [3.63, 3.8) is 0 Å². The van der Waals surface area contributed by atoms with Gasteiger partial charge in [0.2, 0.25) is 0 Å². The summed E-state index contributed by atoms with van der Waals surface area (Å²) in [4.78, 5) is 4.90. The van der Waals surface area contributed by atoms with Crippen LogP contribution in [0, 0.1) is 0 Å². The summed E-state index contributed by atoms with van der Waals surface area (Å²) in [6.45, 7) is 4.71. The first-order valence-electron chi connectivity index (χ1n) is 20.4. The highest BCUT2D eigenvalue weighted by Crippen LogP contribution is 2.49. The van der Waals surface area contributed by atoms with Gasteiger partial charge >= 0.3 is 0 Å². The molecule has 0 saturated carbocycles. The summed E-state index contributed by atoms with van der Waals surface area (Å²) in [5.41, 5.74) is 18.5. The Balaban J connectivity index is 0.968. The van der Waals surface area contributed by atoms with E-state index in [9.17, 15) is 0 Å². The third-order valence-electron chi connectivity index (χ3n) is 12.6. The maximum absolute atomic E-state index is 4.90. The monoisotopic (exact) mass is 770 g/mol. The maximum Gasteiger partial charge on any atom is 0.124 e. The number of hydrogen-bond donors (Lipinski definition) is 0. The van der Waals surface area contributed by atoms with Gasteiger partial charge in [-0.3, -0.25) is 0 Å². The van der Waals surface area contributed by atoms with Crippen LogP contribution in [0.15, 0.2) is 194 Å². The average molecular weight is 771 g/mol. The molecule has 0 spiro atoms. The fourth-order valence-electron chi connectivity index (χ4n) is 9.54. The number of benzene rings is 9. The molecule has 59 heavy (non-hydrogen) atoms. The number of fused-ring (bicyclic) bond motifs is 8. The highest BCUT2D eigenvalue weighted by molar-refractivity contribution is 7.21. The zero-order valence-corrected chi connectivity index (χ0v) is 33.6. The second-order valence-corrected chi connectivity index (χ2v) is 17.4. The summed E-state index contributed by atoms with van der Waals surface area (Å²) in [6.07, 6.45) is 0. The fourth-order valence-corrected chi connectivity index (χ4v) is 10.5. The summed E-state index contributed by atoms with van der Waals surface area (Å²) in [5, 5.41) is 6.00. The molecule has 11 aromatic rings. The number of nitrogens with zero attached hydrogens (tertiary/aromatic N) is 2. The van der Waals surface area contributed by atoms with Gasteiger partial charge in [0.1, 0.15) is 5.01 Å². The molecule has 0 fully saturated rings. The number of rotatable bonds is 5. The second-order valence-electron chi connectivity index (χ2n) is 16.4. The van der Waals surface area contributed by atoms with Gasteiger partial charge in [0, 0.05) is 27.4 Å². The Kier molecular flexibility index (Phi) is 7.48. The van der Waals surface area contributed by atoms with Crippen molar-refractivity contribution >= 4 is 54.1 Å². The van der Waals surface area contributed by atoms with Gasteiger partial charge in [0.05, 0.1) is 21.3 Å². The van der Waals surface area contributed by atoms with Crippen molar-refractivity contribution in [3.8, 4) is 60.8 Å². The van der Waals surface area contributed by atoms with Gasteiger partial charge in [-0.05, 0) is 121 Å². The van der Waals surface area contributed by atoms with E-state index < -0.39 is 0 Å². The molecule has 0 aliphatic heterocycles. The molecule has 0 radical (unpaired) electrons. The van der Waals surface area contributed by atoms with Crippen LogP contribution < -0.4 is 0 Å². The summed E-state index contributed by atoms with van der Waals surface area (Å²) >= 11 is 1.74. The van der Waals surface area contributed by atoms with E-state index in [1.807, 2.05) is 0 Å². The molecule has 12 rings (SSSR count). The van der Waals surface area contributed by atoms with Gasteiger partial charge in [0.15, 0.2) is 0 Å². The van der Waals surface area contributed by atoms with Crippen LogP contribution in [0.3, 0.4) is 0 Å². The molecule has 0 bridgehead atoms. The van der Waals surface area contributed by atoms with Crippen LogP contribution in [0.25, 0.3) is 104 Å². The van der Waals surface area contributed by atoms with E-state index in [0.717, 1.165) is 21.8 Å². The summed E-state index contributed by atoms with van der Waals surface area (Å²) in [6, 6.07) is 71.6. The Bertz CT molecular complexity index is 3440. The van der Waals surface area contributed by atoms with E-state index in [2.05, 4.69) is 213 Å². The molecule has 0 saturated heterocycles. The van der Waals surface area contributed by atoms with Gasteiger partial charge in [-0.2, -0.15) is 0 Å². The Labute approximate surface area is 347 Å². The minimum atomic E-state index is -0.0404. The summed E-state index contributed by atoms with van der Waals surface area (Å²) < 4.78 is 3.66. The molecule has 1 aliphatic rings. The quantitative estimate of drug-likeness (QED) is 0.170. The normalized spacial score (nSPS) is 13.1. The van der Waals surface area contributed by atoms with Crippen molar-refractivity contribution in [1.82, 2.24) is 9.55 Å². The van der Waals surface area contributed by atoms with E-state index in [1.54, 1.807) is 11.3 Å². The van der Waals surface area contributed by atoms with Crippen molar-refractivity contribution in [3.05, 3.63) is 205 Å². The smallest absolute Gasteiger partial charge is 0.124 e. The summed E-state index contributed by atoms with van der Waals surface area (Å²) in [7, 11) is 0. The zero-order valence-electron chi connectivity index (χ0n) is 32.8. The lowest BCUT2D eigenvalue weighted by Crippen LogP contribution is -2.14. The molecular formula is C56H38N2S. The minimum Gasteiger partial charge on any atom is -0.309 e. The molecule has 1 aliphatic carbocycles. The first kappa shape index (κ1) is 34.0. The van der Waals surface area contributed by atoms with Crippen molar-refractivity contribution in [2.45, 2.75) is 19.3 Å². The third-order valence-corrected chi connectivity index (χ3v) is 13.7. The predicted molar refractivity (Wildman–Crippen MR) is 251 cm³/mol. The third kappa shape index (κ3) is 5.42. The minimum absolute atomic E-state index is 0.0404.